The normalized spacial score (nSPS) is 15.7. The van der Waals surface area contributed by atoms with Crippen LogP contribution in [0.2, 0.25) is 0 Å². The number of hydrogen-bond acceptors (Lipinski definition) is 6. The van der Waals surface area contributed by atoms with Crippen molar-refractivity contribution in [3.05, 3.63) is 68.8 Å². The topological polar surface area (TPSA) is 143 Å². The average Bonchev–Trinajstić information content (AvgIpc) is 2.76. The Morgan fingerprint density at radius 2 is 1.20 bits per heavy atom. The van der Waals surface area contributed by atoms with Crippen molar-refractivity contribution in [1.82, 2.24) is 0 Å². The first-order valence-corrected chi connectivity index (χ1v) is 7.74. The second-order valence-corrected chi connectivity index (χ2v) is 5.72. The molecule has 0 N–H and O–H groups in total. The Bertz CT molecular complexity index is 1230. The van der Waals surface area contributed by atoms with Crippen LogP contribution in [0.5, 0.6) is 0 Å². The van der Waals surface area contributed by atoms with E-state index in [1.54, 1.807) is 24.3 Å². The van der Waals surface area contributed by atoms with Gasteiger partial charge in [0.05, 0.1) is 24.1 Å². The van der Waals surface area contributed by atoms with E-state index in [0.717, 1.165) is 18.2 Å². The Morgan fingerprint density at radius 3 is 1.53 bits per heavy atom. The first-order chi connectivity index (χ1) is 14.3. The van der Waals surface area contributed by atoms with Crippen molar-refractivity contribution in [2.24, 2.45) is 5.92 Å². The molecule has 0 fully saturated rings. The molecule has 1 aliphatic carbocycles. The van der Waals surface area contributed by atoms with Crippen LogP contribution in [0.1, 0.15) is 17.0 Å². The summed E-state index contributed by atoms with van der Waals surface area (Å²) in [5.41, 5.74) is -4.44. The van der Waals surface area contributed by atoms with Crippen LogP contribution in [0, 0.1) is 97.2 Å². The number of nitrogens with zero attached hydrogens (tertiary/aromatic N) is 6. The zero-order valence-electron chi connectivity index (χ0n) is 14.5. The number of allylic oxidation sites excluding steroid dienone is 6. The second kappa shape index (κ2) is 8.41. The fraction of sp³-hybridized carbons (Fsp3) is 0.100. The van der Waals surface area contributed by atoms with Gasteiger partial charge >= 0.3 is 0 Å². The molecular weight excluding hydrogens is 400 g/mol. The molecular formula is C20H4F4N6. The first kappa shape index (κ1) is 21.4. The maximum absolute atomic E-state index is 14.5. The molecule has 0 amide bonds. The van der Waals surface area contributed by atoms with Gasteiger partial charge in [0.2, 0.25) is 0 Å². The third-order valence-electron chi connectivity index (χ3n) is 4.26. The van der Waals surface area contributed by atoms with E-state index in [4.69, 9.17) is 15.8 Å². The summed E-state index contributed by atoms with van der Waals surface area (Å²) >= 11 is 0. The number of rotatable bonds is 2. The van der Waals surface area contributed by atoms with Gasteiger partial charge in [-0.2, -0.15) is 31.6 Å². The Hall–Kier alpha value is -4.90. The Labute approximate surface area is 166 Å². The van der Waals surface area contributed by atoms with E-state index < -0.39 is 63.0 Å². The van der Waals surface area contributed by atoms with Crippen LogP contribution >= 0.6 is 0 Å². The molecule has 1 aliphatic rings. The van der Waals surface area contributed by atoms with E-state index in [0.29, 0.717) is 0 Å². The van der Waals surface area contributed by atoms with Crippen molar-refractivity contribution < 1.29 is 17.6 Å². The number of benzene rings is 1. The zero-order chi connectivity index (χ0) is 22.6. The van der Waals surface area contributed by atoms with Gasteiger partial charge in [0.25, 0.3) is 0 Å². The monoisotopic (exact) mass is 404 g/mol. The molecule has 1 atom stereocenters. The van der Waals surface area contributed by atoms with Crippen molar-refractivity contribution in [2.75, 3.05) is 0 Å². The van der Waals surface area contributed by atoms with Gasteiger partial charge < -0.3 is 0 Å². The lowest BCUT2D eigenvalue weighted by molar-refractivity contribution is 0.424. The van der Waals surface area contributed by atoms with Gasteiger partial charge in [0.1, 0.15) is 29.3 Å². The SMILES string of the molecule is N#CC1=CC(=C(C#N)C#N)C=C(C#N)C1C(C#N)c1c(F)c(F)c(C#N)c(F)c1F. The van der Waals surface area contributed by atoms with Crippen molar-refractivity contribution in [3.63, 3.8) is 0 Å². The van der Waals surface area contributed by atoms with Gasteiger partial charge in [-0.15, -0.1) is 0 Å². The van der Waals surface area contributed by atoms with Crippen molar-refractivity contribution in [2.45, 2.75) is 5.92 Å². The molecule has 142 valence electrons. The van der Waals surface area contributed by atoms with Gasteiger partial charge in [-0.05, 0) is 12.2 Å². The van der Waals surface area contributed by atoms with Gasteiger partial charge in [-0.1, -0.05) is 0 Å². The Kier molecular flexibility index (Phi) is 6.00. The van der Waals surface area contributed by atoms with E-state index in [1.807, 2.05) is 0 Å². The molecule has 1 aromatic carbocycles. The molecule has 30 heavy (non-hydrogen) atoms. The first-order valence-electron chi connectivity index (χ1n) is 7.74. The maximum Gasteiger partial charge on any atom is 0.180 e. The quantitative estimate of drug-likeness (QED) is 0.419. The van der Waals surface area contributed by atoms with Gasteiger partial charge in [0, 0.05) is 28.2 Å². The minimum Gasteiger partial charge on any atom is -0.203 e. The molecule has 0 aromatic heterocycles. The summed E-state index contributed by atoms with van der Waals surface area (Å²) < 4.78 is 57.0. The maximum atomic E-state index is 14.5. The van der Waals surface area contributed by atoms with Crippen LogP contribution < -0.4 is 0 Å². The molecule has 10 heteroatoms. The molecule has 0 spiro atoms. The smallest absolute Gasteiger partial charge is 0.180 e. The zero-order valence-corrected chi connectivity index (χ0v) is 14.5. The highest BCUT2D eigenvalue weighted by Gasteiger charge is 2.39. The molecule has 0 saturated heterocycles. The van der Waals surface area contributed by atoms with Crippen molar-refractivity contribution >= 4 is 0 Å². The van der Waals surface area contributed by atoms with E-state index in [1.165, 1.54) is 6.07 Å². The largest absolute Gasteiger partial charge is 0.203 e. The summed E-state index contributed by atoms with van der Waals surface area (Å²) in [4.78, 5) is 0. The second-order valence-electron chi connectivity index (χ2n) is 5.72. The summed E-state index contributed by atoms with van der Waals surface area (Å²) in [5.74, 6) is -11.8. The highest BCUT2D eigenvalue weighted by molar-refractivity contribution is 5.61. The Balaban J connectivity index is 2.86. The summed E-state index contributed by atoms with van der Waals surface area (Å²) in [7, 11) is 0. The van der Waals surface area contributed by atoms with Gasteiger partial charge in [-0.3, -0.25) is 0 Å². The predicted molar refractivity (Wildman–Crippen MR) is 88.5 cm³/mol. The van der Waals surface area contributed by atoms with Crippen molar-refractivity contribution in [1.29, 1.82) is 31.6 Å². The molecule has 1 aromatic rings. The molecule has 6 nitrogen and oxygen atoms in total. The minimum absolute atomic E-state index is 0.154. The predicted octanol–water partition coefficient (Wildman–Crippen LogP) is 3.60. The molecule has 0 bridgehead atoms. The summed E-state index contributed by atoms with van der Waals surface area (Å²) in [5, 5.41) is 54.9. The molecule has 2 rings (SSSR count). The fourth-order valence-electron chi connectivity index (χ4n) is 2.91. The van der Waals surface area contributed by atoms with Crippen LogP contribution in [0.4, 0.5) is 17.6 Å². The number of hydrogen-bond donors (Lipinski definition) is 0. The highest BCUT2D eigenvalue weighted by atomic mass is 19.2. The van der Waals surface area contributed by atoms with Crippen LogP contribution in [0.3, 0.4) is 0 Å². The van der Waals surface area contributed by atoms with Crippen molar-refractivity contribution in [3.8, 4) is 36.4 Å². The lowest BCUT2D eigenvalue weighted by Gasteiger charge is -2.25. The molecule has 0 saturated carbocycles. The minimum atomic E-state index is -2.08. The van der Waals surface area contributed by atoms with Crippen LogP contribution in [-0.2, 0) is 0 Å². The molecule has 1 unspecified atom stereocenters. The van der Waals surface area contributed by atoms with Crippen LogP contribution in [0.15, 0.2) is 34.4 Å². The highest BCUT2D eigenvalue weighted by Crippen LogP contribution is 2.42. The van der Waals surface area contributed by atoms with Gasteiger partial charge in [0.15, 0.2) is 23.3 Å². The standard InChI is InChI=1S/C20H4F4N6/c21-17-14(8-30)18(22)20(24)16(19(17)23)13(7-29)15-10(3-25)1-9(2-11(15)4-26)12(5-27)6-28/h1-2,13,15H. The van der Waals surface area contributed by atoms with Gasteiger partial charge in [-0.25, -0.2) is 17.6 Å². The van der Waals surface area contributed by atoms with E-state index in [-0.39, 0.29) is 5.57 Å². The fourth-order valence-corrected chi connectivity index (χ4v) is 2.91. The number of halogens is 4. The molecule has 0 aliphatic heterocycles. The Morgan fingerprint density at radius 1 is 0.733 bits per heavy atom. The summed E-state index contributed by atoms with van der Waals surface area (Å²) in [6.07, 6.45) is 1.92. The number of nitriles is 6. The van der Waals surface area contributed by atoms with Crippen LogP contribution in [-0.4, -0.2) is 0 Å². The average molecular weight is 404 g/mol. The summed E-state index contributed by atoms with van der Waals surface area (Å²) in [6, 6.07) is 8.71. The van der Waals surface area contributed by atoms with E-state index >= 15 is 0 Å². The molecule has 0 radical (unpaired) electrons. The van der Waals surface area contributed by atoms with E-state index in [9.17, 15) is 33.3 Å². The lowest BCUT2D eigenvalue weighted by Crippen LogP contribution is -2.22. The third kappa shape index (κ3) is 3.23. The van der Waals surface area contributed by atoms with E-state index in [2.05, 4.69) is 0 Å². The van der Waals surface area contributed by atoms with Crippen LogP contribution in [0.25, 0.3) is 0 Å². The summed E-state index contributed by atoms with van der Waals surface area (Å²) in [6.45, 7) is 0. The lowest BCUT2D eigenvalue weighted by atomic mass is 9.73. The third-order valence-corrected chi connectivity index (χ3v) is 4.26. The molecule has 0 heterocycles.